The molecule has 1 amide bonds. The van der Waals surface area contributed by atoms with Gasteiger partial charge in [0.1, 0.15) is 23.4 Å². The third kappa shape index (κ3) is 3.79. The fraction of sp³-hybridized carbons (Fsp3) is 0.148. The van der Waals surface area contributed by atoms with Gasteiger partial charge in [-0.2, -0.15) is 0 Å². The van der Waals surface area contributed by atoms with Gasteiger partial charge < -0.3 is 9.84 Å². The molecule has 6 rings (SSSR count). The molecule has 1 aromatic heterocycles. The Kier molecular flexibility index (Phi) is 5.46. The molecule has 38 heavy (non-hydrogen) atoms. The number of thiazole rings is 1. The first-order valence-corrected chi connectivity index (χ1v) is 12.4. The van der Waals surface area contributed by atoms with Crippen LogP contribution in [0.1, 0.15) is 29.7 Å². The summed E-state index contributed by atoms with van der Waals surface area (Å²) < 4.78 is 20.0. The summed E-state index contributed by atoms with van der Waals surface area (Å²) >= 11 is 1.02. The molecule has 0 radical (unpaired) electrons. The summed E-state index contributed by atoms with van der Waals surface area (Å²) in [5, 5.41) is 22.7. The number of Topliss-reactive ketones (excluding diaryl/α,β-unsaturated/α-hetero) is 1. The van der Waals surface area contributed by atoms with Crippen LogP contribution in [-0.2, 0) is 16.0 Å². The molecule has 11 heteroatoms. The first kappa shape index (κ1) is 23.7. The lowest BCUT2D eigenvalue weighted by atomic mass is 9.94. The molecule has 2 unspecified atom stereocenters. The molecule has 2 atom stereocenters. The summed E-state index contributed by atoms with van der Waals surface area (Å²) in [7, 11) is 0. The van der Waals surface area contributed by atoms with Crippen molar-refractivity contribution < 1.29 is 28.7 Å². The van der Waals surface area contributed by atoms with Crippen molar-refractivity contribution in [1.82, 2.24) is 4.98 Å². The van der Waals surface area contributed by atoms with Crippen molar-refractivity contribution in [2.24, 2.45) is 0 Å². The zero-order valence-corrected chi connectivity index (χ0v) is 20.6. The van der Waals surface area contributed by atoms with Gasteiger partial charge in [0.2, 0.25) is 0 Å². The van der Waals surface area contributed by atoms with E-state index in [0.29, 0.717) is 33.5 Å². The molecule has 0 bridgehead atoms. The Hall–Kier alpha value is -4.64. The van der Waals surface area contributed by atoms with Crippen LogP contribution in [0.15, 0.2) is 66.2 Å². The average molecular weight is 532 g/mol. The van der Waals surface area contributed by atoms with Crippen LogP contribution in [0.25, 0.3) is 16.0 Å². The number of carbonyl (C=O) groups excluding carboxylic acids is 2. The van der Waals surface area contributed by atoms with Gasteiger partial charge in [-0.25, -0.2) is 9.37 Å². The van der Waals surface area contributed by atoms with Gasteiger partial charge in [-0.1, -0.05) is 11.3 Å². The minimum Gasteiger partial charge on any atom is -0.507 e. The van der Waals surface area contributed by atoms with Crippen LogP contribution >= 0.6 is 11.3 Å². The van der Waals surface area contributed by atoms with Gasteiger partial charge in [-0.05, 0) is 66.6 Å². The number of aromatic nitrogens is 1. The standard InChI is InChI=1S/C27H18FN3O6S/c1-13-10-16-11-15(4-9-20(16)37-13)24(32)22-23(14-2-6-18(7-3-14)31(35)36)30(26(34)25(22)33)27-29-19-8-5-17(28)12-21(19)38-27/h2-9,11-13,23,32H,10H2,1H3/b24-22+. The quantitative estimate of drug-likeness (QED) is 0.125. The third-order valence-corrected chi connectivity index (χ3v) is 7.60. The van der Waals surface area contributed by atoms with E-state index in [0.717, 1.165) is 21.8 Å². The largest absolute Gasteiger partial charge is 0.507 e. The number of nitro groups is 1. The number of ketones is 1. The minimum atomic E-state index is -1.12. The van der Waals surface area contributed by atoms with E-state index in [4.69, 9.17) is 4.74 Å². The van der Waals surface area contributed by atoms with Gasteiger partial charge in [0.15, 0.2) is 5.13 Å². The number of aliphatic hydroxyl groups is 1. The van der Waals surface area contributed by atoms with Crippen molar-refractivity contribution >= 4 is 49.8 Å². The van der Waals surface area contributed by atoms with E-state index in [9.17, 15) is 29.2 Å². The van der Waals surface area contributed by atoms with E-state index in [1.165, 1.54) is 42.5 Å². The van der Waals surface area contributed by atoms with Crippen molar-refractivity contribution in [3.63, 3.8) is 0 Å². The number of non-ortho nitro benzene ring substituents is 1. The highest BCUT2D eigenvalue weighted by atomic mass is 32.1. The van der Waals surface area contributed by atoms with Crippen LogP contribution in [0.3, 0.4) is 0 Å². The Morgan fingerprint density at radius 2 is 1.92 bits per heavy atom. The molecule has 0 saturated carbocycles. The number of nitrogens with zero attached hydrogens (tertiary/aromatic N) is 3. The van der Waals surface area contributed by atoms with Gasteiger partial charge in [0, 0.05) is 24.1 Å². The number of anilines is 1. The van der Waals surface area contributed by atoms with Crippen LogP contribution in [0.5, 0.6) is 5.75 Å². The number of amides is 1. The Balaban J connectivity index is 1.53. The molecular weight excluding hydrogens is 513 g/mol. The Morgan fingerprint density at radius 3 is 2.66 bits per heavy atom. The Morgan fingerprint density at radius 1 is 1.16 bits per heavy atom. The third-order valence-electron chi connectivity index (χ3n) is 6.58. The van der Waals surface area contributed by atoms with Crippen LogP contribution < -0.4 is 9.64 Å². The monoisotopic (exact) mass is 531 g/mol. The lowest BCUT2D eigenvalue weighted by Gasteiger charge is -2.23. The highest BCUT2D eigenvalue weighted by Crippen LogP contribution is 2.45. The fourth-order valence-electron chi connectivity index (χ4n) is 4.84. The van der Waals surface area contributed by atoms with Crippen molar-refractivity contribution in [2.45, 2.75) is 25.5 Å². The molecule has 0 aliphatic carbocycles. The number of carbonyl (C=O) groups is 2. The maximum absolute atomic E-state index is 13.8. The molecule has 4 aromatic rings. The number of rotatable bonds is 4. The second-order valence-corrected chi connectivity index (χ2v) is 10.1. The molecule has 0 spiro atoms. The lowest BCUT2D eigenvalue weighted by molar-refractivity contribution is -0.384. The van der Waals surface area contributed by atoms with E-state index < -0.39 is 28.5 Å². The summed E-state index contributed by atoms with van der Waals surface area (Å²) in [6.45, 7) is 1.92. The predicted molar refractivity (Wildman–Crippen MR) is 138 cm³/mol. The molecule has 3 aromatic carbocycles. The Labute approximate surface area is 218 Å². The SMILES string of the molecule is CC1Cc2cc(/C(O)=C3\C(=O)C(=O)N(c4nc5ccc(F)cc5s4)C3c3ccc([N+](=O)[O-])cc3)ccc2O1. The van der Waals surface area contributed by atoms with E-state index in [1.807, 2.05) is 6.92 Å². The van der Waals surface area contributed by atoms with Crippen molar-refractivity contribution in [3.8, 4) is 5.75 Å². The van der Waals surface area contributed by atoms with Crippen molar-refractivity contribution in [2.75, 3.05) is 4.90 Å². The van der Waals surface area contributed by atoms with Gasteiger partial charge in [0.05, 0.1) is 26.8 Å². The van der Waals surface area contributed by atoms with E-state index in [1.54, 1.807) is 18.2 Å². The second kappa shape index (κ2) is 8.73. The zero-order chi connectivity index (χ0) is 26.7. The molecule has 1 N–H and O–H groups in total. The summed E-state index contributed by atoms with van der Waals surface area (Å²) in [4.78, 5) is 43.0. The number of halogens is 1. The predicted octanol–water partition coefficient (Wildman–Crippen LogP) is 5.29. The van der Waals surface area contributed by atoms with Crippen molar-refractivity contribution in [1.29, 1.82) is 0 Å². The summed E-state index contributed by atoms with van der Waals surface area (Å²) in [6.07, 6.45) is 0.593. The zero-order valence-electron chi connectivity index (χ0n) is 19.8. The number of aliphatic hydroxyl groups excluding tert-OH is 1. The van der Waals surface area contributed by atoms with Gasteiger partial charge in [-0.3, -0.25) is 24.6 Å². The number of ether oxygens (including phenoxy) is 1. The molecule has 1 saturated heterocycles. The number of hydrogen-bond acceptors (Lipinski definition) is 8. The highest BCUT2D eigenvalue weighted by Gasteiger charge is 2.48. The average Bonchev–Trinajstić information content (AvgIpc) is 3.55. The van der Waals surface area contributed by atoms with E-state index in [-0.39, 0.29) is 28.3 Å². The Bertz CT molecular complexity index is 1700. The first-order valence-electron chi connectivity index (χ1n) is 11.6. The molecule has 2 aliphatic rings. The molecule has 3 heterocycles. The molecule has 2 aliphatic heterocycles. The summed E-state index contributed by atoms with van der Waals surface area (Å²) in [5.41, 5.74) is 1.63. The molecule has 9 nitrogen and oxygen atoms in total. The molecule has 190 valence electrons. The maximum atomic E-state index is 13.8. The summed E-state index contributed by atoms with van der Waals surface area (Å²) in [5.74, 6) is -2.03. The normalized spacial score (nSPS) is 20.1. The van der Waals surface area contributed by atoms with Crippen LogP contribution in [0.4, 0.5) is 15.2 Å². The smallest absolute Gasteiger partial charge is 0.301 e. The number of nitro benzene ring substituents is 1. The summed E-state index contributed by atoms with van der Waals surface area (Å²) in [6, 6.07) is 13.3. The topological polar surface area (TPSA) is 123 Å². The van der Waals surface area contributed by atoms with Crippen LogP contribution in [0.2, 0.25) is 0 Å². The van der Waals surface area contributed by atoms with Crippen LogP contribution in [-0.4, -0.2) is 32.8 Å². The maximum Gasteiger partial charge on any atom is 0.301 e. The highest BCUT2D eigenvalue weighted by molar-refractivity contribution is 7.22. The number of hydrogen-bond donors (Lipinski definition) is 1. The first-order chi connectivity index (χ1) is 18.2. The number of benzene rings is 3. The van der Waals surface area contributed by atoms with E-state index >= 15 is 0 Å². The van der Waals surface area contributed by atoms with Gasteiger partial charge in [0.25, 0.3) is 11.5 Å². The van der Waals surface area contributed by atoms with Gasteiger partial charge in [-0.15, -0.1) is 0 Å². The van der Waals surface area contributed by atoms with E-state index in [2.05, 4.69) is 4.98 Å². The fourth-order valence-corrected chi connectivity index (χ4v) is 5.85. The van der Waals surface area contributed by atoms with Gasteiger partial charge >= 0.3 is 5.91 Å². The van der Waals surface area contributed by atoms with Crippen molar-refractivity contribution in [3.05, 3.63) is 98.9 Å². The molecule has 1 fully saturated rings. The minimum absolute atomic E-state index is 0.0306. The lowest BCUT2D eigenvalue weighted by Crippen LogP contribution is -2.29. The second-order valence-electron chi connectivity index (χ2n) is 9.08. The van der Waals surface area contributed by atoms with Crippen LogP contribution in [0, 0.1) is 15.9 Å². The molecular formula is C27H18FN3O6S. The number of fused-ring (bicyclic) bond motifs is 2.